The summed E-state index contributed by atoms with van der Waals surface area (Å²) in [6.07, 6.45) is 1.47. The lowest BCUT2D eigenvalue weighted by Gasteiger charge is -2.03. The lowest BCUT2D eigenvalue weighted by Crippen LogP contribution is -2.02. The summed E-state index contributed by atoms with van der Waals surface area (Å²) in [6, 6.07) is 6.86. The first-order valence-corrected chi connectivity index (χ1v) is 5.52. The van der Waals surface area contributed by atoms with Gasteiger partial charge >= 0.3 is 0 Å². The van der Waals surface area contributed by atoms with Crippen molar-refractivity contribution >= 4 is 27.4 Å². The molecular weight excluding hydrogens is 270 g/mol. The van der Waals surface area contributed by atoms with Gasteiger partial charge in [-0.15, -0.1) is 0 Å². The second kappa shape index (κ2) is 4.14. The Labute approximate surface area is 101 Å². The zero-order valence-corrected chi connectivity index (χ0v) is 10.2. The van der Waals surface area contributed by atoms with Gasteiger partial charge in [-0.3, -0.25) is 4.79 Å². The molecule has 2 N–H and O–H groups in total. The van der Waals surface area contributed by atoms with E-state index in [2.05, 4.69) is 15.9 Å². The minimum Gasteiger partial charge on any atom is -0.457 e. The van der Waals surface area contributed by atoms with Crippen molar-refractivity contribution in [3.8, 4) is 0 Å². The van der Waals surface area contributed by atoms with Gasteiger partial charge in [-0.05, 0) is 52.7 Å². The van der Waals surface area contributed by atoms with Crippen LogP contribution in [0, 0.1) is 6.92 Å². The van der Waals surface area contributed by atoms with Gasteiger partial charge in [0, 0.05) is 11.3 Å². The van der Waals surface area contributed by atoms with E-state index in [0.29, 0.717) is 21.5 Å². The summed E-state index contributed by atoms with van der Waals surface area (Å²) < 4.78 is 5.48. The summed E-state index contributed by atoms with van der Waals surface area (Å²) in [5.74, 6) is -0.0799. The second-order valence-electron chi connectivity index (χ2n) is 3.51. The molecule has 16 heavy (non-hydrogen) atoms. The van der Waals surface area contributed by atoms with Gasteiger partial charge < -0.3 is 10.2 Å². The largest absolute Gasteiger partial charge is 0.457 e. The number of carbonyl (C=O) groups excluding carboxylic acids is 1. The molecule has 0 spiro atoms. The standard InChI is InChI=1S/C12H10BrNO2/c1-7-6-8(2-3-10(7)14)11(15)9-4-5-16-12(9)13/h2-6H,14H2,1H3. The fourth-order valence-corrected chi connectivity index (χ4v) is 1.85. The summed E-state index contributed by atoms with van der Waals surface area (Å²) in [5.41, 5.74) is 8.40. The van der Waals surface area contributed by atoms with Crippen LogP contribution in [0.5, 0.6) is 0 Å². The van der Waals surface area contributed by atoms with Crippen molar-refractivity contribution in [3.05, 3.63) is 51.9 Å². The molecule has 1 heterocycles. The van der Waals surface area contributed by atoms with Crippen molar-refractivity contribution in [2.24, 2.45) is 0 Å². The van der Waals surface area contributed by atoms with Crippen LogP contribution in [-0.4, -0.2) is 5.78 Å². The molecule has 1 aromatic carbocycles. The summed E-state index contributed by atoms with van der Waals surface area (Å²) in [7, 11) is 0. The smallest absolute Gasteiger partial charge is 0.197 e. The maximum atomic E-state index is 12.1. The SMILES string of the molecule is Cc1cc(C(=O)c2ccoc2Br)ccc1N. The lowest BCUT2D eigenvalue weighted by atomic mass is 10.0. The van der Waals surface area contributed by atoms with Crippen LogP contribution in [0.15, 0.2) is 39.6 Å². The van der Waals surface area contributed by atoms with E-state index in [9.17, 15) is 4.79 Å². The van der Waals surface area contributed by atoms with E-state index in [1.807, 2.05) is 6.92 Å². The molecule has 3 nitrogen and oxygen atoms in total. The average molecular weight is 280 g/mol. The van der Waals surface area contributed by atoms with Crippen LogP contribution in [-0.2, 0) is 0 Å². The number of halogens is 1. The fraction of sp³-hybridized carbons (Fsp3) is 0.0833. The molecular formula is C12H10BrNO2. The minimum atomic E-state index is -0.0799. The zero-order chi connectivity index (χ0) is 11.7. The van der Waals surface area contributed by atoms with Crippen LogP contribution in [0.2, 0.25) is 0 Å². The van der Waals surface area contributed by atoms with Crippen LogP contribution >= 0.6 is 15.9 Å². The summed E-state index contributed by atoms with van der Waals surface area (Å²) in [4.78, 5) is 12.1. The fourth-order valence-electron chi connectivity index (χ4n) is 1.43. The number of benzene rings is 1. The molecule has 2 rings (SSSR count). The minimum absolute atomic E-state index is 0.0799. The average Bonchev–Trinajstić information content (AvgIpc) is 2.67. The quantitative estimate of drug-likeness (QED) is 0.679. The molecule has 0 fully saturated rings. The van der Waals surface area contributed by atoms with E-state index >= 15 is 0 Å². The molecule has 0 unspecified atom stereocenters. The summed E-state index contributed by atoms with van der Waals surface area (Å²) >= 11 is 3.18. The van der Waals surface area contributed by atoms with Crippen LogP contribution in [0.25, 0.3) is 0 Å². The molecule has 0 atom stereocenters. The molecule has 0 radical (unpaired) electrons. The zero-order valence-electron chi connectivity index (χ0n) is 8.66. The Morgan fingerprint density at radius 3 is 2.69 bits per heavy atom. The highest BCUT2D eigenvalue weighted by atomic mass is 79.9. The van der Waals surface area contributed by atoms with E-state index in [4.69, 9.17) is 10.2 Å². The van der Waals surface area contributed by atoms with E-state index in [1.165, 1.54) is 6.26 Å². The Kier molecular flexibility index (Phi) is 2.83. The summed E-state index contributed by atoms with van der Waals surface area (Å²) in [5, 5.41) is 0. The van der Waals surface area contributed by atoms with E-state index < -0.39 is 0 Å². The van der Waals surface area contributed by atoms with Crippen molar-refractivity contribution < 1.29 is 9.21 Å². The molecule has 4 heteroatoms. The highest BCUT2D eigenvalue weighted by molar-refractivity contribution is 9.10. The molecule has 0 aliphatic rings. The van der Waals surface area contributed by atoms with Gasteiger partial charge in [0.15, 0.2) is 10.5 Å². The Balaban J connectivity index is 2.42. The molecule has 1 aromatic heterocycles. The Hall–Kier alpha value is -1.55. The third-order valence-corrected chi connectivity index (χ3v) is 3.01. The van der Waals surface area contributed by atoms with Gasteiger partial charge in [-0.25, -0.2) is 0 Å². The number of nitrogens with two attached hydrogens (primary N) is 1. The highest BCUT2D eigenvalue weighted by Gasteiger charge is 2.15. The third kappa shape index (κ3) is 1.88. The normalized spacial score (nSPS) is 10.4. The number of carbonyl (C=O) groups is 1. The monoisotopic (exact) mass is 279 g/mol. The predicted octanol–water partition coefficient (Wildman–Crippen LogP) is 3.16. The first-order valence-electron chi connectivity index (χ1n) is 4.73. The number of ketones is 1. The van der Waals surface area contributed by atoms with E-state index in [-0.39, 0.29) is 5.78 Å². The predicted molar refractivity (Wildman–Crippen MR) is 65.4 cm³/mol. The first-order chi connectivity index (χ1) is 7.59. The van der Waals surface area contributed by atoms with Gasteiger partial charge in [-0.2, -0.15) is 0 Å². The number of hydrogen-bond acceptors (Lipinski definition) is 3. The molecule has 0 aliphatic carbocycles. The molecule has 82 valence electrons. The van der Waals surface area contributed by atoms with Crippen LogP contribution in [0.4, 0.5) is 5.69 Å². The van der Waals surface area contributed by atoms with Crippen molar-refractivity contribution in [2.45, 2.75) is 6.92 Å². The topological polar surface area (TPSA) is 56.2 Å². The number of furan rings is 1. The molecule has 2 aromatic rings. The van der Waals surface area contributed by atoms with Gasteiger partial charge in [-0.1, -0.05) is 0 Å². The molecule has 0 bridgehead atoms. The summed E-state index contributed by atoms with van der Waals surface area (Å²) in [6.45, 7) is 1.87. The number of hydrogen-bond donors (Lipinski definition) is 1. The highest BCUT2D eigenvalue weighted by Crippen LogP contribution is 2.22. The molecule has 0 amide bonds. The van der Waals surface area contributed by atoms with Gasteiger partial charge in [0.2, 0.25) is 0 Å². The van der Waals surface area contributed by atoms with Crippen molar-refractivity contribution in [3.63, 3.8) is 0 Å². The molecule has 0 saturated heterocycles. The van der Waals surface area contributed by atoms with Gasteiger partial charge in [0.05, 0.1) is 11.8 Å². The van der Waals surface area contributed by atoms with Crippen molar-refractivity contribution in [1.82, 2.24) is 0 Å². The number of nitrogen functional groups attached to an aromatic ring is 1. The van der Waals surface area contributed by atoms with Gasteiger partial charge in [0.25, 0.3) is 0 Å². The van der Waals surface area contributed by atoms with Crippen LogP contribution in [0.1, 0.15) is 21.5 Å². The molecule has 0 aliphatic heterocycles. The van der Waals surface area contributed by atoms with Crippen LogP contribution < -0.4 is 5.73 Å². The Morgan fingerprint density at radius 1 is 1.38 bits per heavy atom. The maximum absolute atomic E-state index is 12.1. The molecule has 0 saturated carbocycles. The van der Waals surface area contributed by atoms with E-state index in [1.54, 1.807) is 24.3 Å². The Morgan fingerprint density at radius 2 is 2.12 bits per heavy atom. The van der Waals surface area contributed by atoms with E-state index in [0.717, 1.165) is 5.56 Å². The lowest BCUT2D eigenvalue weighted by molar-refractivity contribution is 0.103. The number of aryl methyl sites for hydroxylation is 1. The van der Waals surface area contributed by atoms with Crippen molar-refractivity contribution in [1.29, 1.82) is 0 Å². The second-order valence-corrected chi connectivity index (χ2v) is 4.23. The van der Waals surface area contributed by atoms with Crippen LogP contribution in [0.3, 0.4) is 0 Å². The Bertz CT molecular complexity index is 546. The van der Waals surface area contributed by atoms with Crippen molar-refractivity contribution in [2.75, 3.05) is 5.73 Å². The third-order valence-electron chi connectivity index (χ3n) is 2.39. The van der Waals surface area contributed by atoms with Gasteiger partial charge in [0.1, 0.15) is 0 Å². The number of anilines is 1. The number of rotatable bonds is 2. The maximum Gasteiger partial charge on any atom is 0.197 e. The first kappa shape index (κ1) is 11.0.